The lowest BCUT2D eigenvalue weighted by atomic mass is 10.1. The maximum atomic E-state index is 11.2. The van der Waals surface area contributed by atoms with Gasteiger partial charge in [0.15, 0.2) is 11.6 Å². The molecule has 0 aliphatic heterocycles. The predicted octanol–water partition coefficient (Wildman–Crippen LogP) is 4.02. The highest BCUT2D eigenvalue weighted by Gasteiger charge is 2.20. The number of carboxylic acids is 1. The Balaban J connectivity index is 1.95. The van der Waals surface area contributed by atoms with Crippen LogP contribution in [0.5, 0.6) is 11.5 Å². The number of hydrogen-bond acceptors (Lipinski definition) is 5. The largest absolute Gasteiger partial charge is 0.507 e. The summed E-state index contributed by atoms with van der Waals surface area (Å²) in [6.45, 7) is 1.84. The second-order valence-corrected chi connectivity index (χ2v) is 6.51. The number of rotatable bonds is 4. The molecule has 7 nitrogen and oxygen atoms in total. The molecular weight excluding hydrogens is 370 g/mol. The summed E-state index contributed by atoms with van der Waals surface area (Å²) in [6, 6.07) is 18.0. The molecule has 4 aromatic rings. The molecule has 0 fully saturated rings. The number of hydrogen-bond donors (Lipinski definition) is 3. The molecule has 0 aliphatic carbocycles. The number of aromatic nitrogens is 3. The number of para-hydroxylation sites is 1. The third-order valence-electron chi connectivity index (χ3n) is 4.59. The van der Waals surface area contributed by atoms with Gasteiger partial charge in [-0.25, -0.2) is 14.5 Å². The minimum absolute atomic E-state index is 0.0314. The van der Waals surface area contributed by atoms with Crippen LogP contribution in [0.2, 0.25) is 0 Å². The van der Waals surface area contributed by atoms with E-state index in [0.717, 1.165) is 5.56 Å². The van der Waals surface area contributed by atoms with Gasteiger partial charge in [-0.15, -0.1) is 5.10 Å². The quantitative estimate of drug-likeness (QED) is 0.488. The summed E-state index contributed by atoms with van der Waals surface area (Å²) in [5.41, 5.74) is 2.47. The van der Waals surface area contributed by atoms with Gasteiger partial charge in [0.2, 0.25) is 0 Å². The number of phenolic OH excluding ortho intramolecular Hbond substituents is 2. The van der Waals surface area contributed by atoms with Crippen LogP contribution in [-0.2, 0) is 0 Å². The van der Waals surface area contributed by atoms with Gasteiger partial charge in [0.25, 0.3) is 0 Å². The lowest BCUT2D eigenvalue weighted by Crippen LogP contribution is -2.02. The molecule has 0 spiro atoms. The van der Waals surface area contributed by atoms with Crippen molar-refractivity contribution in [1.82, 2.24) is 14.8 Å². The van der Waals surface area contributed by atoms with Gasteiger partial charge in [0.05, 0.1) is 22.4 Å². The molecule has 7 heteroatoms. The third-order valence-corrected chi connectivity index (χ3v) is 4.59. The molecule has 0 saturated heterocycles. The van der Waals surface area contributed by atoms with Crippen molar-refractivity contribution in [2.24, 2.45) is 0 Å². The molecule has 144 valence electrons. The SMILES string of the molecule is Cc1cccc(O)c1-c1nc(-c2ccccc2O)n(-c2ccc(C(=O)O)cc2)n1. The smallest absolute Gasteiger partial charge is 0.335 e. The highest BCUT2D eigenvalue weighted by molar-refractivity contribution is 5.87. The van der Waals surface area contributed by atoms with Gasteiger partial charge >= 0.3 is 5.97 Å². The van der Waals surface area contributed by atoms with Crippen LogP contribution >= 0.6 is 0 Å². The van der Waals surface area contributed by atoms with E-state index in [9.17, 15) is 15.0 Å². The van der Waals surface area contributed by atoms with Crippen molar-refractivity contribution < 1.29 is 20.1 Å². The van der Waals surface area contributed by atoms with Crippen molar-refractivity contribution in [2.45, 2.75) is 6.92 Å². The summed E-state index contributed by atoms with van der Waals surface area (Å²) < 4.78 is 1.52. The Hall–Kier alpha value is -4.13. The first-order valence-corrected chi connectivity index (χ1v) is 8.84. The van der Waals surface area contributed by atoms with Crippen molar-refractivity contribution in [2.75, 3.05) is 0 Å². The standard InChI is InChI=1S/C22H17N3O4/c1-13-5-4-8-18(27)19(13)20-23-21(16-6-2-3-7-17(16)26)25(24-20)15-11-9-14(10-12-15)22(28)29/h2-12,26-27H,1H3,(H,28,29). The number of aromatic hydroxyl groups is 2. The number of aromatic carboxylic acids is 1. The van der Waals surface area contributed by atoms with E-state index in [1.807, 2.05) is 13.0 Å². The molecule has 0 atom stereocenters. The summed E-state index contributed by atoms with van der Waals surface area (Å²) >= 11 is 0. The van der Waals surface area contributed by atoms with Gasteiger partial charge in [0, 0.05) is 0 Å². The second-order valence-electron chi connectivity index (χ2n) is 6.51. The molecule has 3 aromatic carbocycles. The first kappa shape index (κ1) is 18.2. The average molecular weight is 387 g/mol. The number of benzene rings is 3. The fourth-order valence-electron chi connectivity index (χ4n) is 3.12. The van der Waals surface area contributed by atoms with Gasteiger partial charge in [-0.3, -0.25) is 0 Å². The molecule has 1 heterocycles. The van der Waals surface area contributed by atoms with Crippen molar-refractivity contribution in [1.29, 1.82) is 0 Å². The van der Waals surface area contributed by atoms with Crippen LogP contribution in [0.3, 0.4) is 0 Å². The van der Waals surface area contributed by atoms with Gasteiger partial charge in [0.1, 0.15) is 11.5 Å². The zero-order valence-corrected chi connectivity index (χ0v) is 15.4. The van der Waals surface area contributed by atoms with Crippen LogP contribution in [0, 0.1) is 6.92 Å². The van der Waals surface area contributed by atoms with Crippen LogP contribution in [0.15, 0.2) is 66.7 Å². The topological polar surface area (TPSA) is 108 Å². The number of nitrogens with zero attached hydrogens (tertiary/aromatic N) is 3. The highest BCUT2D eigenvalue weighted by atomic mass is 16.4. The Labute approximate surface area is 166 Å². The molecule has 0 amide bonds. The Morgan fingerprint density at radius 3 is 2.24 bits per heavy atom. The molecular formula is C22H17N3O4. The summed E-state index contributed by atoms with van der Waals surface area (Å²) in [4.78, 5) is 15.7. The third kappa shape index (κ3) is 3.29. The Morgan fingerprint density at radius 2 is 1.59 bits per heavy atom. The summed E-state index contributed by atoms with van der Waals surface area (Å²) in [6.07, 6.45) is 0. The summed E-state index contributed by atoms with van der Waals surface area (Å²) in [7, 11) is 0. The normalized spacial score (nSPS) is 10.8. The van der Waals surface area contributed by atoms with Crippen molar-refractivity contribution in [3.63, 3.8) is 0 Å². The molecule has 0 saturated carbocycles. The lowest BCUT2D eigenvalue weighted by molar-refractivity contribution is 0.0697. The minimum atomic E-state index is -1.03. The Bertz CT molecular complexity index is 1190. The van der Waals surface area contributed by atoms with E-state index >= 15 is 0 Å². The van der Waals surface area contributed by atoms with Crippen LogP contribution in [0.1, 0.15) is 15.9 Å². The van der Waals surface area contributed by atoms with E-state index in [-0.39, 0.29) is 17.1 Å². The van der Waals surface area contributed by atoms with Crippen molar-refractivity contribution in [3.8, 4) is 40.0 Å². The van der Waals surface area contributed by atoms with Crippen molar-refractivity contribution in [3.05, 3.63) is 77.9 Å². The monoisotopic (exact) mass is 387 g/mol. The van der Waals surface area contributed by atoms with Crippen LogP contribution in [0.4, 0.5) is 0 Å². The van der Waals surface area contributed by atoms with Crippen LogP contribution < -0.4 is 0 Å². The fourth-order valence-corrected chi connectivity index (χ4v) is 3.12. The highest BCUT2D eigenvalue weighted by Crippen LogP contribution is 2.35. The van der Waals surface area contributed by atoms with Crippen LogP contribution in [-0.4, -0.2) is 36.1 Å². The zero-order chi connectivity index (χ0) is 20.5. The maximum Gasteiger partial charge on any atom is 0.335 e. The summed E-state index contributed by atoms with van der Waals surface area (Å²) in [5.74, 6) is -0.289. The molecule has 0 aliphatic rings. The molecule has 0 bridgehead atoms. The zero-order valence-electron chi connectivity index (χ0n) is 15.4. The van der Waals surface area contributed by atoms with E-state index in [0.29, 0.717) is 28.5 Å². The molecule has 4 rings (SSSR count). The first-order chi connectivity index (χ1) is 14.0. The molecule has 3 N–H and O–H groups in total. The number of aryl methyl sites for hydroxylation is 1. The number of carboxylic acid groups (broad SMARTS) is 1. The van der Waals surface area contributed by atoms with E-state index in [2.05, 4.69) is 10.1 Å². The van der Waals surface area contributed by atoms with Gasteiger partial charge in [-0.05, 0) is 55.0 Å². The Morgan fingerprint density at radius 1 is 0.897 bits per heavy atom. The molecule has 29 heavy (non-hydrogen) atoms. The van der Waals surface area contributed by atoms with E-state index in [4.69, 9.17) is 5.11 Å². The molecule has 0 unspecified atom stereocenters. The number of phenols is 2. The van der Waals surface area contributed by atoms with E-state index < -0.39 is 5.97 Å². The van der Waals surface area contributed by atoms with Gasteiger partial charge < -0.3 is 15.3 Å². The molecule has 1 aromatic heterocycles. The average Bonchev–Trinajstić information content (AvgIpc) is 3.13. The predicted molar refractivity (Wildman–Crippen MR) is 107 cm³/mol. The second kappa shape index (κ2) is 7.12. The first-order valence-electron chi connectivity index (χ1n) is 8.84. The Kier molecular flexibility index (Phi) is 4.48. The van der Waals surface area contributed by atoms with Gasteiger partial charge in [-0.2, -0.15) is 0 Å². The fraction of sp³-hybridized carbons (Fsp3) is 0.0455. The minimum Gasteiger partial charge on any atom is -0.507 e. The van der Waals surface area contributed by atoms with E-state index in [1.165, 1.54) is 16.8 Å². The summed E-state index contributed by atoms with van der Waals surface area (Å²) in [5, 5.41) is 34.4. The van der Waals surface area contributed by atoms with Crippen LogP contribution in [0.25, 0.3) is 28.5 Å². The van der Waals surface area contributed by atoms with Gasteiger partial charge in [-0.1, -0.05) is 24.3 Å². The van der Waals surface area contributed by atoms with Crippen molar-refractivity contribution >= 4 is 5.97 Å². The lowest BCUT2D eigenvalue weighted by Gasteiger charge is -2.07. The maximum absolute atomic E-state index is 11.2. The van der Waals surface area contributed by atoms with E-state index in [1.54, 1.807) is 48.5 Å². The number of carbonyl (C=O) groups is 1. The molecule has 0 radical (unpaired) electrons.